The fraction of sp³-hybridized carbons (Fsp3) is 0.0714. The van der Waals surface area contributed by atoms with Crippen LogP contribution in [0.4, 0.5) is 5.82 Å². The van der Waals surface area contributed by atoms with Crippen LogP contribution in [0.2, 0.25) is 0 Å². The lowest BCUT2D eigenvalue weighted by molar-refractivity contribution is 0.425. The second-order valence-electron chi connectivity index (χ2n) is 4.23. The normalized spacial score (nSPS) is 10.7. The summed E-state index contributed by atoms with van der Waals surface area (Å²) in [4.78, 5) is 9.45. The van der Waals surface area contributed by atoms with E-state index in [0.29, 0.717) is 23.3 Å². The number of halogens is 1. The van der Waals surface area contributed by atoms with Crippen molar-refractivity contribution >= 4 is 33.5 Å². The van der Waals surface area contributed by atoms with Gasteiger partial charge in [-0.3, -0.25) is 0 Å². The molecule has 0 aliphatic heterocycles. The third kappa shape index (κ3) is 3.62. The van der Waals surface area contributed by atoms with Gasteiger partial charge in [0.2, 0.25) is 0 Å². The van der Waals surface area contributed by atoms with Crippen LogP contribution in [0, 0.1) is 0 Å². The molecule has 2 aromatic heterocycles. The smallest absolute Gasteiger partial charge is 0.258 e. The number of pyridine rings is 1. The summed E-state index contributed by atoms with van der Waals surface area (Å²) in [6.07, 6.45) is 1.62. The molecule has 0 unspecified atom stereocenters. The van der Waals surface area contributed by atoms with Gasteiger partial charge >= 0.3 is 0 Å². The maximum absolute atomic E-state index is 5.64. The van der Waals surface area contributed by atoms with Gasteiger partial charge in [-0.15, -0.1) is 11.8 Å². The minimum Gasteiger partial charge on any atom is -0.384 e. The molecule has 5 nitrogen and oxygen atoms in total. The lowest BCUT2D eigenvalue weighted by Gasteiger charge is -1.98. The van der Waals surface area contributed by atoms with Crippen LogP contribution in [0.15, 0.2) is 56.5 Å². The molecule has 0 radical (unpaired) electrons. The van der Waals surface area contributed by atoms with Crippen LogP contribution < -0.4 is 5.73 Å². The molecule has 0 saturated heterocycles. The largest absolute Gasteiger partial charge is 0.384 e. The number of rotatable bonds is 4. The molecule has 0 fully saturated rings. The average molecular weight is 363 g/mol. The zero-order chi connectivity index (χ0) is 14.7. The van der Waals surface area contributed by atoms with Gasteiger partial charge in [0.1, 0.15) is 5.82 Å². The highest BCUT2D eigenvalue weighted by atomic mass is 79.9. The third-order valence-corrected chi connectivity index (χ3v) is 4.21. The Morgan fingerprint density at radius 3 is 2.76 bits per heavy atom. The van der Waals surface area contributed by atoms with Gasteiger partial charge in [0, 0.05) is 21.1 Å². The average Bonchev–Trinajstić information content (AvgIpc) is 2.96. The quantitative estimate of drug-likeness (QED) is 0.711. The molecule has 3 aromatic rings. The van der Waals surface area contributed by atoms with Crippen LogP contribution in [0.3, 0.4) is 0 Å². The standard InChI is InChI=1S/C14H11BrN4OS/c15-10-1-3-11(4-2-10)21-8-13-18-14(20-19-13)9-5-6-17-12(16)7-9/h1-7H,8H2,(H2,16,17). The minimum atomic E-state index is 0.427. The molecule has 1 aromatic carbocycles. The number of nitrogen functional groups attached to an aromatic ring is 1. The summed E-state index contributed by atoms with van der Waals surface area (Å²) in [5.41, 5.74) is 6.41. The summed E-state index contributed by atoms with van der Waals surface area (Å²) >= 11 is 5.06. The number of hydrogen-bond acceptors (Lipinski definition) is 6. The van der Waals surface area contributed by atoms with E-state index in [1.54, 1.807) is 30.1 Å². The first-order valence-corrected chi connectivity index (χ1v) is 7.91. The van der Waals surface area contributed by atoms with E-state index in [0.717, 1.165) is 14.9 Å². The molecule has 106 valence electrons. The highest BCUT2D eigenvalue weighted by molar-refractivity contribution is 9.10. The Hall–Kier alpha value is -1.86. The van der Waals surface area contributed by atoms with Gasteiger partial charge in [-0.1, -0.05) is 21.1 Å². The molecule has 0 atom stereocenters. The maximum atomic E-state index is 5.64. The van der Waals surface area contributed by atoms with E-state index in [2.05, 4.69) is 31.1 Å². The van der Waals surface area contributed by atoms with Crippen molar-refractivity contribution in [2.45, 2.75) is 10.6 Å². The number of benzene rings is 1. The van der Waals surface area contributed by atoms with Gasteiger partial charge in [0.25, 0.3) is 5.89 Å². The lowest BCUT2D eigenvalue weighted by atomic mass is 10.2. The van der Waals surface area contributed by atoms with Gasteiger partial charge in [-0.25, -0.2) is 4.98 Å². The predicted octanol–water partition coefficient (Wildman–Crippen LogP) is 3.77. The summed E-state index contributed by atoms with van der Waals surface area (Å²) in [6.45, 7) is 0. The van der Waals surface area contributed by atoms with E-state index in [4.69, 9.17) is 10.3 Å². The summed E-state index contributed by atoms with van der Waals surface area (Å²) in [5, 5.41) is 3.98. The van der Waals surface area contributed by atoms with Crippen molar-refractivity contribution in [3.63, 3.8) is 0 Å². The molecule has 0 bridgehead atoms. The van der Waals surface area contributed by atoms with Crippen LogP contribution in [0.25, 0.3) is 11.5 Å². The predicted molar refractivity (Wildman–Crippen MR) is 85.6 cm³/mol. The molecule has 0 spiro atoms. The van der Waals surface area contributed by atoms with Gasteiger partial charge in [-0.2, -0.15) is 4.98 Å². The van der Waals surface area contributed by atoms with Crippen LogP contribution in [-0.4, -0.2) is 15.1 Å². The van der Waals surface area contributed by atoms with E-state index in [1.807, 2.05) is 24.3 Å². The van der Waals surface area contributed by atoms with Crippen LogP contribution in [0.5, 0.6) is 0 Å². The monoisotopic (exact) mass is 362 g/mol. The van der Waals surface area contributed by atoms with Gasteiger partial charge in [-0.05, 0) is 36.4 Å². The van der Waals surface area contributed by atoms with Crippen LogP contribution >= 0.6 is 27.7 Å². The molecular weight excluding hydrogens is 352 g/mol. The van der Waals surface area contributed by atoms with E-state index < -0.39 is 0 Å². The van der Waals surface area contributed by atoms with E-state index in [-0.39, 0.29) is 0 Å². The third-order valence-electron chi connectivity index (χ3n) is 2.68. The van der Waals surface area contributed by atoms with Crippen molar-refractivity contribution in [1.29, 1.82) is 0 Å². The molecule has 3 rings (SSSR count). The van der Waals surface area contributed by atoms with Crippen molar-refractivity contribution in [1.82, 2.24) is 15.1 Å². The Kier molecular flexibility index (Phi) is 4.21. The number of hydrogen-bond donors (Lipinski definition) is 1. The second kappa shape index (κ2) is 6.28. The summed E-state index contributed by atoms with van der Waals surface area (Å²) in [6, 6.07) is 11.6. The number of nitrogens with two attached hydrogens (primary N) is 1. The Morgan fingerprint density at radius 1 is 1.19 bits per heavy atom. The van der Waals surface area contributed by atoms with Gasteiger partial charge in [0.15, 0.2) is 5.82 Å². The van der Waals surface area contributed by atoms with Crippen molar-refractivity contribution < 1.29 is 4.52 Å². The van der Waals surface area contributed by atoms with Crippen molar-refractivity contribution in [2.24, 2.45) is 0 Å². The molecule has 7 heteroatoms. The number of aromatic nitrogens is 3. The van der Waals surface area contributed by atoms with Crippen molar-refractivity contribution in [2.75, 3.05) is 5.73 Å². The summed E-state index contributed by atoms with van der Waals surface area (Å²) in [5.74, 6) is 2.17. The first kappa shape index (κ1) is 14.1. The lowest BCUT2D eigenvalue weighted by Crippen LogP contribution is -1.89. The molecule has 0 aliphatic rings. The van der Waals surface area contributed by atoms with Crippen molar-refractivity contribution in [3.8, 4) is 11.5 Å². The van der Waals surface area contributed by atoms with Crippen molar-refractivity contribution in [3.05, 3.63) is 52.9 Å². The number of thioether (sulfide) groups is 1. The molecule has 2 heterocycles. The van der Waals surface area contributed by atoms with Crippen LogP contribution in [0.1, 0.15) is 5.82 Å². The second-order valence-corrected chi connectivity index (χ2v) is 6.19. The Bertz CT molecular complexity index is 745. The highest BCUT2D eigenvalue weighted by Gasteiger charge is 2.09. The zero-order valence-corrected chi connectivity index (χ0v) is 13.3. The Balaban J connectivity index is 1.69. The van der Waals surface area contributed by atoms with Crippen LogP contribution in [-0.2, 0) is 5.75 Å². The van der Waals surface area contributed by atoms with E-state index in [9.17, 15) is 0 Å². The molecule has 21 heavy (non-hydrogen) atoms. The zero-order valence-electron chi connectivity index (χ0n) is 10.9. The SMILES string of the molecule is Nc1cc(-c2nc(CSc3ccc(Br)cc3)no2)ccn1. The topological polar surface area (TPSA) is 77.8 Å². The maximum Gasteiger partial charge on any atom is 0.258 e. The molecular formula is C14H11BrN4OS. The summed E-state index contributed by atoms with van der Waals surface area (Å²) in [7, 11) is 0. The molecule has 0 amide bonds. The Labute approximate surface area is 134 Å². The van der Waals surface area contributed by atoms with Gasteiger partial charge < -0.3 is 10.3 Å². The Morgan fingerprint density at radius 2 is 2.00 bits per heavy atom. The first-order chi connectivity index (χ1) is 10.2. The van der Waals surface area contributed by atoms with E-state index in [1.165, 1.54) is 0 Å². The van der Waals surface area contributed by atoms with Gasteiger partial charge in [0.05, 0.1) is 5.75 Å². The highest BCUT2D eigenvalue weighted by Crippen LogP contribution is 2.25. The number of nitrogens with zero attached hydrogens (tertiary/aromatic N) is 3. The minimum absolute atomic E-state index is 0.427. The fourth-order valence-electron chi connectivity index (χ4n) is 1.69. The molecule has 2 N–H and O–H groups in total. The first-order valence-electron chi connectivity index (χ1n) is 6.13. The fourth-order valence-corrected chi connectivity index (χ4v) is 2.70. The number of anilines is 1. The molecule has 0 saturated carbocycles. The van der Waals surface area contributed by atoms with E-state index >= 15 is 0 Å². The summed E-state index contributed by atoms with van der Waals surface area (Å²) < 4.78 is 6.31. The molecule has 0 aliphatic carbocycles.